The van der Waals surface area contributed by atoms with E-state index >= 15 is 0 Å². The van der Waals surface area contributed by atoms with Crippen molar-refractivity contribution in [3.63, 3.8) is 0 Å². The number of likely N-dealkylation sites (N-methyl/N-ethyl adjacent to an activating group) is 2. The van der Waals surface area contributed by atoms with Gasteiger partial charge in [-0.3, -0.25) is 0 Å². The van der Waals surface area contributed by atoms with Gasteiger partial charge < -0.3 is 14.4 Å². The van der Waals surface area contributed by atoms with Gasteiger partial charge in [0.1, 0.15) is 20.3 Å². The fraction of sp³-hybridized carbons (Fsp3) is 0.321. The molecule has 6 rings (SSSR count). The van der Waals surface area contributed by atoms with Gasteiger partial charge in [-0.05, 0) is 59.1 Å². The van der Waals surface area contributed by atoms with Crippen LogP contribution in [0.2, 0.25) is 0 Å². The molecule has 0 amide bonds. The first-order valence-electron chi connectivity index (χ1n) is 11.6. The third-order valence-electron chi connectivity index (χ3n) is 7.33. The summed E-state index contributed by atoms with van der Waals surface area (Å²) in [6, 6.07) is 17.9. The predicted octanol–water partition coefficient (Wildman–Crippen LogP) is 3.38. The molecule has 0 unspecified atom stereocenters. The van der Waals surface area contributed by atoms with Crippen LogP contribution in [0, 0.1) is 6.92 Å². The maximum absolute atomic E-state index is 6.44. The van der Waals surface area contributed by atoms with Crippen LogP contribution in [-0.4, -0.2) is 52.9 Å². The van der Waals surface area contributed by atoms with E-state index in [2.05, 4.69) is 91.5 Å². The van der Waals surface area contributed by atoms with E-state index in [9.17, 15) is 0 Å². The van der Waals surface area contributed by atoms with Crippen molar-refractivity contribution < 1.29 is 9.47 Å². The average Bonchev–Trinajstić information content (AvgIpc) is 2.80. The average molecular weight is 460 g/mol. The molecule has 0 radical (unpaired) electrons. The monoisotopic (exact) mass is 459 g/mol. The maximum atomic E-state index is 6.44. The molecule has 3 aliphatic heterocycles. The Labute approximate surface area is 197 Å². The van der Waals surface area contributed by atoms with E-state index in [0.29, 0.717) is 13.2 Å². The summed E-state index contributed by atoms with van der Waals surface area (Å²) < 4.78 is 15.2. The second-order valence-corrected chi connectivity index (χ2v) is 13.1. The highest BCUT2D eigenvalue weighted by molar-refractivity contribution is 8.33. The Bertz CT molecular complexity index is 1440. The highest BCUT2D eigenvalue weighted by Crippen LogP contribution is 2.66. The normalized spacial score (nSPS) is 18.9. The molecule has 5 heteroatoms. The molecule has 3 aromatic rings. The van der Waals surface area contributed by atoms with E-state index in [1.807, 2.05) is 0 Å². The second kappa shape index (κ2) is 7.29. The van der Waals surface area contributed by atoms with Crippen molar-refractivity contribution >= 4 is 21.3 Å². The SMILES string of the molecule is Cc1ccccc1C1=c2ccc3c(c2S(C)(C)c2c1ccc1c2OCCN1C)OCC[N+]=3C. The van der Waals surface area contributed by atoms with Crippen molar-refractivity contribution in [2.24, 2.45) is 0 Å². The Morgan fingerprint density at radius 2 is 1.67 bits per heavy atom. The zero-order valence-corrected chi connectivity index (χ0v) is 20.9. The first-order chi connectivity index (χ1) is 15.9. The van der Waals surface area contributed by atoms with E-state index in [4.69, 9.17) is 9.47 Å². The molecular weight excluding hydrogens is 428 g/mol. The fourth-order valence-corrected chi connectivity index (χ4v) is 8.49. The van der Waals surface area contributed by atoms with Crippen molar-refractivity contribution in [2.45, 2.75) is 16.7 Å². The van der Waals surface area contributed by atoms with Crippen molar-refractivity contribution in [3.8, 4) is 11.5 Å². The Morgan fingerprint density at radius 1 is 0.879 bits per heavy atom. The Balaban J connectivity index is 1.83. The third kappa shape index (κ3) is 2.88. The first kappa shape index (κ1) is 20.7. The molecule has 0 aromatic heterocycles. The lowest BCUT2D eigenvalue weighted by molar-refractivity contribution is 0.273. The summed E-state index contributed by atoms with van der Waals surface area (Å²) in [5, 5.41) is 2.49. The summed E-state index contributed by atoms with van der Waals surface area (Å²) in [6.07, 6.45) is 4.82. The number of aryl methyl sites for hydroxylation is 1. The van der Waals surface area contributed by atoms with Crippen LogP contribution in [0.3, 0.4) is 0 Å². The van der Waals surface area contributed by atoms with E-state index in [1.165, 1.54) is 48.3 Å². The number of ether oxygens (including phenoxy) is 2. The van der Waals surface area contributed by atoms with Crippen LogP contribution >= 0.6 is 10.0 Å². The second-order valence-electron chi connectivity index (χ2n) is 9.64. The van der Waals surface area contributed by atoms with E-state index in [0.717, 1.165) is 24.6 Å². The van der Waals surface area contributed by atoms with Crippen molar-refractivity contribution in [1.29, 1.82) is 0 Å². The number of anilines is 1. The lowest BCUT2D eigenvalue weighted by atomic mass is 9.91. The molecule has 4 nitrogen and oxygen atoms in total. The molecule has 0 atom stereocenters. The van der Waals surface area contributed by atoms with Crippen LogP contribution in [0.15, 0.2) is 58.3 Å². The third-order valence-corrected chi connectivity index (χ3v) is 10.2. The lowest BCUT2D eigenvalue weighted by Gasteiger charge is -2.43. The van der Waals surface area contributed by atoms with Gasteiger partial charge in [0.25, 0.3) is 0 Å². The molecule has 3 aromatic carbocycles. The van der Waals surface area contributed by atoms with Gasteiger partial charge >= 0.3 is 0 Å². The van der Waals surface area contributed by atoms with Gasteiger partial charge in [0.05, 0.1) is 17.1 Å². The van der Waals surface area contributed by atoms with Gasteiger partial charge in [0, 0.05) is 18.0 Å². The van der Waals surface area contributed by atoms with E-state index in [1.54, 1.807) is 0 Å². The van der Waals surface area contributed by atoms with E-state index in [-0.39, 0.29) is 0 Å². The summed E-state index contributed by atoms with van der Waals surface area (Å²) in [7, 11) is 2.92. The summed E-state index contributed by atoms with van der Waals surface area (Å²) >= 11 is 0. The lowest BCUT2D eigenvalue weighted by Crippen LogP contribution is -2.39. The molecule has 0 saturated carbocycles. The molecule has 0 N–H and O–H groups in total. The van der Waals surface area contributed by atoms with Gasteiger partial charge in [0.2, 0.25) is 11.1 Å². The van der Waals surface area contributed by atoms with Crippen molar-refractivity contribution in [1.82, 2.24) is 4.58 Å². The molecule has 0 fully saturated rings. The number of nitrogens with zero attached hydrogens (tertiary/aromatic N) is 2. The summed E-state index contributed by atoms with van der Waals surface area (Å²) in [5.74, 6) is 2.11. The largest absolute Gasteiger partial charge is 0.488 e. The molecule has 170 valence electrons. The Hall–Kier alpha value is -2.92. The standard InChI is InChI=1S/C28H31N2O2S/c1-18-8-6-7-9-19(18)24-20-10-12-22-25(31-16-14-29(22)2)27(20)33(4,5)28-21(24)11-13-23-26(28)32-17-15-30(23)3/h6-13H,14-17H2,1-5H3/q+1. The highest BCUT2D eigenvalue weighted by atomic mass is 32.3. The van der Waals surface area contributed by atoms with Crippen molar-refractivity contribution in [3.05, 3.63) is 75.8 Å². The summed E-state index contributed by atoms with van der Waals surface area (Å²) in [4.78, 5) is 5.02. The number of hydrogen-bond acceptors (Lipinski definition) is 3. The maximum Gasteiger partial charge on any atom is 0.243 e. The number of fused-ring (bicyclic) bond motifs is 6. The fourth-order valence-electron chi connectivity index (χ4n) is 5.59. The van der Waals surface area contributed by atoms with Gasteiger partial charge in [-0.15, -0.1) is 0 Å². The zero-order valence-electron chi connectivity index (χ0n) is 20.1. The van der Waals surface area contributed by atoms with Crippen LogP contribution in [0.25, 0.3) is 5.57 Å². The molecule has 0 bridgehead atoms. The minimum absolute atomic E-state index is 0.716. The summed E-state index contributed by atoms with van der Waals surface area (Å²) in [5.41, 5.74) is 6.35. The minimum Gasteiger partial charge on any atom is -0.488 e. The number of hydrogen-bond donors (Lipinski definition) is 0. The molecule has 3 heterocycles. The number of benzene rings is 3. The summed E-state index contributed by atoms with van der Waals surface area (Å²) in [6.45, 7) is 5.47. The van der Waals surface area contributed by atoms with Crippen LogP contribution < -0.4 is 29.5 Å². The van der Waals surface area contributed by atoms with E-state index < -0.39 is 10.0 Å². The molecule has 3 aliphatic rings. The van der Waals surface area contributed by atoms with Gasteiger partial charge in [-0.2, -0.15) is 10.0 Å². The van der Waals surface area contributed by atoms with Crippen LogP contribution in [-0.2, 0) is 0 Å². The topological polar surface area (TPSA) is 24.7 Å². The van der Waals surface area contributed by atoms with Crippen molar-refractivity contribution in [2.75, 3.05) is 57.8 Å². The Kier molecular flexibility index (Phi) is 4.57. The molecular formula is C28H31N2O2S+. The predicted molar refractivity (Wildman–Crippen MR) is 137 cm³/mol. The van der Waals surface area contributed by atoms with Crippen LogP contribution in [0.5, 0.6) is 11.5 Å². The van der Waals surface area contributed by atoms with Gasteiger partial charge in [-0.25, -0.2) is 4.58 Å². The molecule has 0 aliphatic carbocycles. The smallest absolute Gasteiger partial charge is 0.243 e. The highest BCUT2D eigenvalue weighted by Gasteiger charge is 2.39. The minimum atomic E-state index is -1.41. The molecule has 0 spiro atoms. The van der Waals surface area contributed by atoms with Crippen LogP contribution in [0.1, 0.15) is 16.7 Å². The first-order valence-corrected chi connectivity index (χ1v) is 14.0. The quantitative estimate of drug-likeness (QED) is 0.522. The zero-order chi connectivity index (χ0) is 22.9. The number of rotatable bonds is 1. The van der Waals surface area contributed by atoms with Crippen LogP contribution in [0.4, 0.5) is 5.69 Å². The molecule has 33 heavy (non-hydrogen) atoms. The van der Waals surface area contributed by atoms with Gasteiger partial charge in [0.15, 0.2) is 12.3 Å². The van der Waals surface area contributed by atoms with Gasteiger partial charge in [-0.1, -0.05) is 30.3 Å². The molecule has 0 saturated heterocycles. The Morgan fingerprint density at radius 3 is 2.48 bits per heavy atom.